The molecule has 2 N–H and O–H groups in total. The number of aromatic nitrogens is 4. The maximum Gasteiger partial charge on any atom is 0.137 e. The highest BCUT2D eigenvalue weighted by molar-refractivity contribution is 5.95. The molecule has 3 aromatic heterocycles. The molecule has 1 fully saturated rings. The third kappa shape index (κ3) is 4.52. The number of H-pyrrole nitrogens is 1. The lowest BCUT2D eigenvalue weighted by molar-refractivity contribution is 0.373. The van der Waals surface area contributed by atoms with Crippen LogP contribution in [0.2, 0.25) is 0 Å². The van der Waals surface area contributed by atoms with Crippen molar-refractivity contribution in [3.63, 3.8) is 0 Å². The first-order chi connectivity index (χ1) is 17.2. The predicted octanol–water partition coefficient (Wildman–Crippen LogP) is 6.24. The average molecular weight is 462 g/mol. The Morgan fingerprint density at radius 1 is 0.943 bits per heavy atom. The van der Waals surface area contributed by atoms with E-state index in [4.69, 9.17) is 4.98 Å². The fraction of sp³-hybridized carbons (Fsp3) is 0.267. The maximum absolute atomic E-state index is 4.75. The van der Waals surface area contributed by atoms with Gasteiger partial charge in [-0.2, -0.15) is 5.10 Å². The van der Waals surface area contributed by atoms with Crippen molar-refractivity contribution >= 4 is 11.0 Å². The number of benzene rings is 2. The van der Waals surface area contributed by atoms with Gasteiger partial charge in [0, 0.05) is 40.7 Å². The van der Waals surface area contributed by atoms with Gasteiger partial charge in [-0.25, -0.2) is 4.98 Å². The molecule has 0 amide bonds. The van der Waals surface area contributed by atoms with Gasteiger partial charge in [0.05, 0.1) is 12.2 Å². The van der Waals surface area contributed by atoms with Crippen LogP contribution >= 0.6 is 0 Å². The van der Waals surface area contributed by atoms with Gasteiger partial charge in [-0.3, -0.25) is 4.68 Å². The first-order valence-corrected chi connectivity index (χ1v) is 12.6. The standard InChI is InChI=1S/C30H31N5/c1-21(24-7-3-2-4-8-24)35-20-27(18-34-35)29-19-33-30-28(29)16-26(17-32-30)25-9-5-6-23(15-25)14-22-10-12-31-13-11-22/h2-9,15-22,31H,10-14H2,1H3,(H,32,33). The van der Waals surface area contributed by atoms with Crippen LogP contribution < -0.4 is 5.32 Å². The van der Waals surface area contributed by atoms with Crippen molar-refractivity contribution in [1.29, 1.82) is 0 Å². The van der Waals surface area contributed by atoms with Gasteiger partial charge in [0.1, 0.15) is 5.65 Å². The van der Waals surface area contributed by atoms with E-state index in [0.29, 0.717) is 0 Å². The molecule has 0 aliphatic carbocycles. The van der Waals surface area contributed by atoms with E-state index in [0.717, 1.165) is 53.2 Å². The first-order valence-electron chi connectivity index (χ1n) is 12.6. The molecule has 1 saturated heterocycles. The van der Waals surface area contributed by atoms with E-state index in [1.165, 1.54) is 29.5 Å². The Morgan fingerprint density at radius 2 is 1.80 bits per heavy atom. The molecule has 1 aliphatic heterocycles. The second kappa shape index (κ2) is 9.51. The number of fused-ring (bicyclic) bond motifs is 1. The third-order valence-electron chi connectivity index (χ3n) is 7.37. The summed E-state index contributed by atoms with van der Waals surface area (Å²) < 4.78 is 2.03. The van der Waals surface area contributed by atoms with Gasteiger partial charge >= 0.3 is 0 Å². The van der Waals surface area contributed by atoms with Crippen molar-refractivity contribution < 1.29 is 0 Å². The molecular formula is C30H31N5. The van der Waals surface area contributed by atoms with Gasteiger partial charge < -0.3 is 10.3 Å². The van der Waals surface area contributed by atoms with E-state index < -0.39 is 0 Å². The molecule has 1 aliphatic rings. The van der Waals surface area contributed by atoms with Crippen molar-refractivity contribution in [1.82, 2.24) is 25.1 Å². The average Bonchev–Trinajstić information content (AvgIpc) is 3.56. The summed E-state index contributed by atoms with van der Waals surface area (Å²) >= 11 is 0. The quantitative estimate of drug-likeness (QED) is 0.314. The van der Waals surface area contributed by atoms with Gasteiger partial charge in [0.25, 0.3) is 0 Å². The van der Waals surface area contributed by atoms with Crippen LogP contribution in [-0.4, -0.2) is 32.8 Å². The number of pyridine rings is 1. The Hall–Kier alpha value is -3.70. The highest BCUT2D eigenvalue weighted by Gasteiger charge is 2.16. The number of hydrogen-bond donors (Lipinski definition) is 2. The molecule has 1 atom stereocenters. The fourth-order valence-corrected chi connectivity index (χ4v) is 5.27. The molecule has 0 radical (unpaired) electrons. The first kappa shape index (κ1) is 21.8. The van der Waals surface area contributed by atoms with Crippen LogP contribution in [0.3, 0.4) is 0 Å². The highest BCUT2D eigenvalue weighted by atomic mass is 15.3. The molecule has 4 heterocycles. The van der Waals surface area contributed by atoms with E-state index in [1.807, 2.05) is 29.3 Å². The molecule has 0 bridgehead atoms. The summed E-state index contributed by atoms with van der Waals surface area (Å²) in [6.45, 7) is 4.46. The van der Waals surface area contributed by atoms with Crippen LogP contribution in [0.5, 0.6) is 0 Å². The lowest BCUT2D eigenvalue weighted by Crippen LogP contribution is -2.28. The largest absolute Gasteiger partial charge is 0.346 e. The van der Waals surface area contributed by atoms with E-state index >= 15 is 0 Å². The highest BCUT2D eigenvalue weighted by Crippen LogP contribution is 2.32. The molecule has 5 heteroatoms. The minimum absolute atomic E-state index is 0.173. The second-order valence-corrected chi connectivity index (χ2v) is 9.72. The van der Waals surface area contributed by atoms with Gasteiger partial charge in [-0.1, -0.05) is 54.6 Å². The van der Waals surface area contributed by atoms with E-state index in [2.05, 4.69) is 83.1 Å². The molecule has 5 nitrogen and oxygen atoms in total. The van der Waals surface area contributed by atoms with Crippen LogP contribution in [0.1, 0.15) is 36.9 Å². The minimum Gasteiger partial charge on any atom is -0.346 e. The van der Waals surface area contributed by atoms with Gasteiger partial charge in [-0.15, -0.1) is 0 Å². The Morgan fingerprint density at radius 3 is 2.66 bits per heavy atom. The van der Waals surface area contributed by atoms with Gasteiger partial charge in [0.15, 0.2) is 0 Å². The monoisotopic (exact) mass is 461 g/mol. The van der Waals surface area contributed by atoms with Crippen LogP contribution in [0.15, 0.2) is 85.5 Å². The van der Waals surface area contributed by atoms with Crippen molar-refractivity contribution in [3.05, 3.63) is 96.6 Å². The van der Waals surface area contributed by atoms with Crippen LogP contribution in [0.4, 0.5) is 0 Å². The number of hydrogen-bond acceptors (Lipinski definition) is 3. The Kier molecular flexibility index (Phi) is 5.93. The summed E-state index contributed by atoms with van der Waals surface area (Å²) in [5, 5.41) is 9.27. The summed E-state index contributed by atoms with van der Waals surface area (Å²) in [4.78, 5) is 8.09. The summed E-state index contributed by atoms with van der Waals surface area (Å²) in [6, 6.07) is 21.9. The zero-order valence-corrected chi connectivity index (χ0v) is 20.1. The fourth-order valence-electron chi connectivity index (χ4n) is 5.27. The molecule has 2 aromatic carbocycles. The van der Waals surface area contributed by atoms with Crippen LogP contribution in [0.25, 0.3) is 33.3 Å². The van der Waals surface area contributed by atoms with Crippen LogP contribution in [0, 0.1) is 5.92 Å². The maximum atomic E-state index is 4.75. The minimum atomic E-state index is 0.173. The van der Waals surface area contributed by atoms with Gasteiger partial charge in [0.2, 0.25) is 0 Å². The SMILES string of the molecule is CC(c1ccccc1)n1cc(-c2c[nH]c3ncc(-c4cccc(CC5CCNCC5)c4)cc23)cn1. The van der Waals surface area contributed by atoms with Crippen molar-refractivity contribution in [2.45, 2.75) is 32.2 Å². The topological polar surface area (TPSA) is 58.5 Å². The Labute approximate surface area is 206 Å². The molecule has 0 spiro atoms. The molecule has 5 aromatic rings. The molecule has 35 heavy (non-hydrogen) atoms. The molecule has 176 valence electrons. The molecule has 0 saturated carbocycles. The number of aromatic amines is 1. The van der Waals surface area contributed by atoms with E-state index in [-0.39, 0.29) is 6.04 Å². The van der Waals surface area contributed by atoms with E-state index in [1.54, 1.807) is 0 Å². The third-order valence-corrected chi connectivity index (χ3v) is 7.37. The summed E-state index contributed by atoms with van der Waals surface area (Å²) in [6.07, 6.45) is 11.8. The molecule has 1 unspecified atom stereocenters. The lowest BCUT2D eigenvalue weighted by Gasteiger charge is -2.22. The van der Waals surface area contributed by atoms with E-state index in [9.17, 15) is 0 Å². The summed E-state index contributed by atoms with van der Waals surface area (Å²) in [7, 11) is 0. The molecular weight excluding hydrogens is 430 g/mol. The lowest BCUT2D eigenvalue weighted by atomic mass is 9.90. The van der Waals surface area contributed by atoms with Crippen LogP contribution in [-0.2, 0) is 6.42 Å². The number of nitrogens with one attached hydrogen (secondary N) is 2. The smallest absolute Gasteiger partial charge is 0.137 e. The summed E-state index contributed by atoms with van der Waals surface area (Å²) in [5.74, 6) is 0.776. The normalized spacial score (nSPS) is 15.5. The zero-order valence-electron chi connectivity index (χ0n) is 20.1. The number of nitrogens with zero attached hydrogens (tertiary/aromatic N) is 3. The van der Waals surface area contributed by atoms with Crippen molar-refractivity contribution in [2.24, 2.45) is 5.92 Å². The Bertz CT molecular complexity index is 1430. The zero-order chi connectivity index (χ0) is 23.6. The predicted molar refractivity (Wildman–Crippen MR) is 142 cm³/mol. The Balaban J connectivity index is 1.29. The number of rotatable bonds is 6. The van der Waals surface area contributed by atoms with Crippen molar-refractivity contribution in [3.8, 4) is 22.3 Å². The molecule has 6 rings (SSSR count). The second-order valence-electron chi connectivity index (χ2n) is 9.72. The van der Waals surface area contributed by atoms with Gasteiger partial charge in [-0.05, 0) is 68.0 Å². The number of piperidine rings is 1. The summed E-state index contributed by atoms with van der Waals surface area (Å²) in [5.41, 5.74) is 8.17. The van der Waals surface area contributed by atoms with Crippen molar-refractivity contribution in [2.75, 3.05) is 13.1 Å².